The third-order valence-electron chi connectivity index (χ3n) is 4.25. The van der Waals surface area contributed by atoms with Gasteiger partial charge in [0.2, 0.25) is 17.7 Å². The molecule has 5 atom stereocenters. The molecule has 0 aromatic heterocycles. The van der Waals surface area contributed by atoms with E-state index >= 15 is 0 Å². The predicted molar refractivity (Wildman–Crippen MR) is 113 cm³/mol. The van der Waals surface area contributed by atoms with Crippen molar-refractivity contribution in [2.45, 2.75) is 50.5 Å². The van der Waals surface area contributed by atoms with Gasteiger partial charge in [0.05, 0.1) is 12.1 Å². The van der Waals surface area contributed by atoms with Crippen molar-refractivity contribution in [2.75, 3.05) is 5.75 Å². The molecule has 1 aromatic rings. The van der Waals surface area contributed by atoms with Crippen LogP contribution in [0.3, 0.4) is 0 Å². The minimum Gasteiger partial charge on any atom is -0.480 e. The van der Waals surface area contributed by atoms with E-state index in [0.717, 1.165) is 5.56 Å². The number of carbonyl (C=O) groups is 4. The van der Waals surface area contributed by atoms with E-state index in [-0.39, 0.29) is 12.2 Å². The number of benzene rings is 1. The van der Waals surface area contributed by atoms with Gasteiger partial charge in [0.15, 0.2) is 6.04 Å². The fraction of sp³-hybridized carbons (Fsp3) is 0.474. The molecular formula is C19H28N4O6S. The Morgan fingerprint density at radius 3 is 2.10 bits per heavy atom. The molecule has 11 heteroatoms. The number of nitrogens with two attached hydrogens (primary N) is 1. The van der Waals surface area contributed by atoms with E-state index in [9.17, 15) is 29.4 Å². The van der Waals surface area contributed by atoms with Crippen molar-refractivity contribution in [3.05, 3.63) is 35.9 Å². The van der Waals surface area contributed by atoms with Crippen LogP contribution in [0.15, 0.2) is 30.3 Å². The number of hydrogen-bond donors (Lipinski definition) is 7. The summed E-state index contributed by atoms with van der Waals surface area (Å²) in [6.07, 6.45) is -1.28. The summed E-state index contributed by atoms with van der Waals surface area (Å²) >= 11 is 3.92. The van der Waals surface area contributed by atoms with Gasteiger partial charge in [-0.2, -0.15) is 12.6 Å². The molecule has 0 saturated heterocycles. The van der Waals surface area contributed by atoms with E-state index < -0.39 is 54.0 Å². The van der Waals surface area contributed by atoms with Gasteiger partial charge in [-0.25, -0.2) is 4.79 Å². The van der Waals surface area contributed by atoms with Gasteiger partial charge in [-0.3, -0.25) is 14.4 Å². The lowest BCUT2D eigenvalue weighted by Gasteiger charge is -2.24. The van der Waals surface area contributed by atoms with Crippen molar-refractivity contribution < 1.29 is 29.4 Å². The van der Waals surface area contributed by atoms with E-state index in [0.29, 0.717) is 0 Å². The number of nitrogens with one attached hydrogen (secondary N) is 3. The largest absolute Gasteiger partial charge is 0.480 e. The quantitative estimate of drug-likeness (QED) is 0.204. The number of hydrogen-bond acceptors (Lipinski definition) is 7. The summed E-state index contributed by atoms with van der Waals surface area (Å²) in [5.74, 6) is -3.34. The number of thiol groups is 1. The molecule has 30 heavy (non-hydrogen) atoms. The Bertz CT molecular complexity index is 746. The number of amides is 3. The van der Waals surface area contributed by atoms with Gasteiger partial charge in [-0.05, 0) is 19.4 Å². The first-order chi connectivity index (χ1) is 14.1. The number of carboxylic acids is 1. The molecule has 0 fully saturated rings. The molecule has 0 heterocycles. The Balaban J connectivity index is 2.94. The van der Waals surface area contributed by atoms with Crippen LogP contribution in [-0.4, -0.2) is 69.9 Å². The minimum atomic E-state index is -1.54. The second-order valence-electron chi connectivity index (χ2n) is 6.84. The van der Waals surface area contributed by atoms with E-state index in [1.807, 2.05) is 0 Å². The molecule has 0 radical (unpaired) electrons. The van der Waals surface area contributed by atoms with Crippen LogP contribution in [0.5, 0.6) is 0 Å². The van der Waals surface area contributed by atoms with E-state index in [1.54, 1.807) is 30.3 Å². The Labute approximate surface area is 180 Å². The van der Waals surface area contributed by atoms with Crippen LogP contribution in [0.2, 0.25) is 0 Å². The smallest absolute Gasteiger partial charge is 0.328 e. The first kappa shape index (κ1) is 25.4. The first-order valence-electron chi connectivity index (χ1n) is 9.29. The number of carboxylic acid groups (broad SMARTS) is 1. The normalized spacial score (nSPS) is 15.8. The number of carbonyl (C=O) groups excluding carboxylic acids is 3. The highest BCUT2D eigenvalue weighted by Gasteiger charge is 2.30. The fourth-order valence-electron chi connectivity index (χ4n) is 2.47. The summed E-state index contributed by atoms with van der Waals surface area (Å²) in [4.78, 5) is 48.3. The van der Waals surface area contributed by atoms with Crippen LogP contribution in [0.1, 0.15) is 19.4 Å². The number of aliphatic carboxylic acids is 1. The average molecular weight is 441 g/mol. The second kappa shape index (κ2) is 12.2. The van der Waals surface area contributed by atoms with Gasteiger partial charge in [-0.15, -0.1) is 0 Å². The number of rotatable bonds is 11. The zero-order valence-electron chi connectivity index (χ0n) is 16.7. The molecule has 0 aliphatic carbocycles. The van der Waals surface area contributed by atoms with Crippen LogP contribution >= 0.6 is 12.6 Å². The summed E-state index contributed by atoms with van der Waals surface area (Å²) in [7, 11) is 0. The Kier molecular flexibility index (Phi) is 10.3. The molecule has 5 unspecified atom stereocenters. The molecular weight excluding hydrogens is 412 g/mol. The second-order valence-corrected chi connectivity index (χ2v) is 7.20. The minimum absolute atomic E-state index is 0.0708. The molecule has 3 amide bonds. The zero-order chi connectivity index (χ0) is 22.8. The summed E-state index contributed by atoms with van der Waals surface area (Å²) in [6, 6.07) is 4.20. The van der Waals surface area contributed by atoms with Crippen LogP contribution in [0.4, 0.5) is 0 Å². The van der Waals surface area contributed by atoms with Gasteiger partial charge >= 0.3 is 5.97 Å². The Morgan fingerprint density at radius 1 is 1.00 bits per heavy atom. The Hall–Kier alpha value is -2.63. The summed E-state index contributed by atoms with van der Waals surface area (Å²) in [5.41, 5.74) is 6.28. The summed E-state index contributed by atoms with van der Waals surface area (Å²) in [5, 5.41) is 25.9. The molecule has 0 saturated carbocycles. The Morgan fingerprint density at radius 2 is 1.60 bits per heavy atom. The lowest BCUT2D eigenvalue weighted by Crippen LogP contribution is -2.58. The molecule has 1 rings (SSSR count). The van der Waals surface area contributed by atoms with Crippen LogP contribution < -0.4 is 21.7 Å². The van der Waals surface area contributed by atoms with Crippen molar-refractivity contribution in [2.24, 2.45) is 5.73 Å². The predicted octanol–water partition coefficient (Wildman–Crippen LogP) is -1.57. The van der Waals surface area contributed by atoms with Crippen molar-refractivity contribution in [3.63, 3.8) is 0 Å². The van der Waals surface area contributed by atoms with Gasteiger partial charge < -0.3 is 31.9 Å². The zero-order valence-corrected chi connectivity index (χ0v) is 17.6. The third kappa shape index (κ3) is 8.01. The maximum absolute atomic E-state index is 12.7. The standard InChI is InChI=1S/C19H28N4O6S/c1-10(21-17(26)13(20)9-30)16(25)22-14(8-12-6-4-3-5-7-12)18(27)23-15(11(2)24)19(28)29/h3-7,10-11,13-15,24,30H,8-9,20H2,1-2H3,(H,21,26)(H,22,25)(H,23,27)(H,28,29). The van der Waals surface area contributed by atoms with E-state index in [2.05, 4.69) is 28.6 Å². The van der Waals surface area contributed by atoms with E-state index in [1.165, 1.54) is 13.8 Å². The van der Waals surface area contributed by atoms with Gasteiger partial charge in [0, 0.05) is 12.2 Å². The number of aliphatic hydroxyl groups is 1. The molecule has 0 spiro atoms. The highest BCUT2D eigenvalue weighted by Crippen LogP contribution is 2.05. The maximum atomic E-state index is 12.7. The number of aliphatic hydroxyl groups excluding tert-OH is 1. The lowest BCUT2D eigenvalue weighted by atomic mass is 10.0. The van der Waals surface area contributed by atoms with Crippen LogP contribution in [0.25, 0.3) is 0 Å². The average Bonchev–Trinajstić information content (AvgIpc) is 2.70. The maximum Gasteiger partial charge on any atom is 0.328 e. The van der Waals surface area contributed by atoms with Gasteiger partial charge in [0.25, 0.3) is 0 Å². The molecule has 166 valence electrons. The molecule has 0 aliphatic heterocycles. The summed E-state index contributed by atoms with van der Waals surface area (Å²) in [6.45, 7) is 2.65. The highest BCUT2D eigenvalue weighted by molar-refractivity contribution is 7.80. The topological polar surface area (TPSA) is 171 Å². The fourth-order valence-corrected chi connectivity index (χ4v) is 2.63. The van der Waals surface area contributed by atoms with Gasteiger partial charge in [0.1, 0.15) is 12.1 Å². The molecule has 0 aliphatic rings. The van der Waals surface area contributed by atoms with Crippen molar-refractivity contribution >= 4 is 36.3 Å². The van der Waals surface area contributed by atoms with Gasteiger partial charge in [-0.1, -0.05) is 30.3 Å². The summed E-state index contributed by atoms with van der Waals surface area (Å²) < 4.78 is 0. The van der Waals surface area contributed by atoms with E-state index in [4.69, 9.17) is 5.73 Å². The SMILES string of the molecule is CC(NC(=O)C(N)CS)C(=O)NC(Cc1ccccc1)C(=O)NC(C(=O)O)C(C)O. The van der Waals surface area contributed by atoms with Crippen molar-refractivity contribution in [3.8, 4) is 0 Å². The third-order valence-corrected chi connectivity index (χ3v) is 4.64. The van der Waals surface area contributed by atoms with Crippen LogP contribution in [-0.2, 0) is 25.6 Å². The lowest BCUT2D eigenvalue weighted by molar-refractivity contribution is -0.145. The van der Waals surface area contributed by atoms with Crippen molar-refractivity contribution in [1.82, 2.24) is 16.0 Å². The van der Waals surface area contributed by atoms with Crippen LogP contribution in [0, 0.1) is 0 Å². The molecule has 1 aromatic carbocycles. The molecule has 0 bridgehead atoms. The molecule has 10 nitrogen and oxygen atoms in total. The monoisotopic (exact) mass is 440 g/mol. The van der Waals surface area contributed by atoms with Crippen molar-refractivity contribution in [1.29, 1.82) is 0 Å². The first-order valence-corrected chi connectivity index (χ1v) is 9.92. The molecule has 7 N–H and O–H groups in total. The highest BCUT2D eigenvalue weighted by atomic mass is 32.1.